The van der Waals surface area contributed by atoms with Crippen molar-refractivity contribution in [3.05, 3.63) is 74.5 Å². The summed E-state index contributed by atoms with van der Waals surface area (Å²) in [6.45, 7) is 1.79. The fraction of sp³-hybridized carbons (Fsp3) is 0.370. The molecule has 2 aromatic carbocycles. The summed E-state index contributed by atoms with van der Waals surface area (Å²) in [6.07, 6.45) is 4.47. The van der Waals surface area contributed by atoms with Crippen LogP contribution in [0.3, 0.4) is 0 Å². The number of pyridine rings is 1. The molecule has 1 atom stereocenters. The highest BCUT2D eigenvalue weighted by molar-refractivity contribution is 8.03. The predicted molar refractivity (Wildman–Crippen MR) is 154 cm³/mol. The minimum Gasteiger partial charge on any atom is -0.494 e. The van der Waals surface area contributed by atoms with Crippen molar-refractivity contribution in [1.82, 2.24) is 18.4 Å². The van der Waals surface area contributed by atoms with Crippen LogP contribution in [0.5, 0.6) is 5.75 Å². The van der Waals surface area contributed by atoms with E-state index in [0.29, 0.717) is 38.1 Å². The fourth-order valence-corrected chi connectivity index (χ4v) is 8.35. The van der Waals surface area contributed by atoms with Gasteiger partial charge in [0.25, 0.3) is 5.56 Å². The zero-order valence-corrected chi connectivity index (χ0v) is 22.8. The zero-order valence-electron chi connectivity index (χ0n) is 20.4. The number of piperidine rings is 1. The van der Waals surface area contributed by atoms with E-state index in [1.807, 2.05) is 46.5 Å². The molecule has 0 saturated carbocycles. The van der Waals surface area contributed by atoms with Crippen LogP contribution in [-0.2, 0) is 0 Å². The number of rotatable bonds is 5. The van der Waals surface area contributed by atoms with Crippen molar-refractivity contribution in [2.45, 2.75) is 30.6 Å². The first-order chi connectivity index (χ1) is 18.0. The SMILES string of the molecule is COc1cccc2c1ncc1c(=O)n(-c3cccc(Cl)c3)c(=O)n(C3CCN(SC4CCSC4)CC3)c12. The summed E-state index contributed by atoms with van der Waals surface area (Å²) in [5.41, 5.74) is 0.958. The normalized spacial score (nSPS) is 19.1. The van der Waals surface area contributed by atoms with Crippen LogP contribution in [0.25, 0.3) is 27.5 Å². The van der Waals surface area contributed by atoms with Crippen LogP contribution < -0.4 is 16.0 Å². The monoisotopic (exact) mass is 554 g/mol. The first-order valence-electron chi connectivity index (χ1n) is 12.4. The minimum atomic E-state index is -0.400. The number of hydrogen-bond donors (Lipinski definition) is 0. The van der Waals surface area contributed by atoms with Gasteiger partial charge < -0.3 is 4.74 Å². The Balaban J connectivity index is 1.53. The minimum absolute atomic E-state index is 0.0485. The summed E-state index contributed by atoms with van der Waals surface area (Å²) in [7, 11) is 1.60. The summed E-state index contributed by atoms with van der Waals surface area (Å²) in [6, 6.07) is 12.4. The van der Waals surface area contributed by atoms with Gasteiger partial charge in [-0.1, -0.05) is 41.7 Å². The third-order valence-electron chi connectivity index (χ3n) is 7.16. The summed E-state index contributed by atoms with van der Waals surface area (Å²) in [4.78, 5) is 32.5. The van der Waals surface area contributed by atoms with Gasteiger partial charge in [-0.25, -0.2) is 9.36 Å². The number of hydrogen-bond acceptors (Lipinski definition) is 7. The van der Waals surface area contributed by atoms with Gasteiger partial charge in [-0.2, -0.15) is 11.8 Å². The van der Waals surface area contributed by atoms with Crippen molar-refractivity contribution in [2.24, 2.45) is 0 Å². The summed E-state index contributed by atoms with van der Waals surface area (Å²) < 4.78 is 11.1. The van der Waals surface area contributed by atoms with Crippen LogP contribution in [0.1, 0.15) is 25.3 Å². The van der Waals surface area contributed by atoms with Gasteiger partial charge in [0.1, 0.15) is 11.3 Å². The van der Waals surface area contributed by atoms with Gasteiger partial charge in [0.2, 0.25) is 0 Å². The molecule has 0 spiro atoms. The molecule has 37 heavy (non-hydrogen) atoms. The number of methoxy groups -OCH3 is 1. The van der Waals surface area contributed by atoms with Gasteiger partial charge in [-0.15, -0.1) is 0 Å². The quantitative estimate of drug-likeness (QED) is 0.249. The van der Waals surface area contributed by atoms with E-state index < -0.39 is 5.56 Å². The average molecular weight is 555 g/mol. The van der Waals surface area contributed by atoms with E-state index in [4.69, 9.17) is 16.3 Å². The number of thioether (sulfide) groups is 1. The lowest BCUT2D eigenvalue weighted by Gasteiger charge is -2.34. The Morgan fingerprint density at radius 3 is 2.62 bits per heavy atom. The topological polar surface area (TPSA) is 69.4 Å². The highest BCUT2D eigenvalue weighted by Gasteiger charge is 2.29. The first-order valence-corrected chi connectivity index (χ1v) is 14.8. The third kappa shape index (κ3) is 4.56. The number of fused-ring (bicyclic) bond motifs is 3. The third-order valence-corrected chi connectivity index (χ3v) is 10.1. The Hall–Kier alpha value is -2.46. The second-order valence-corrected chi connectivity index (χ2v) is 12.4. The van der Waals surface area contributed by atoms with Gasteiger partial charge in [-0.05, 0) is 49.3 Å². The summed E-state index contributed by atoms with van der Waals surface area (Å²) in [5, 5.41) is 2.29. The Labute approximate surface area is 227 Å². The van der Waals surface area contributed by atoms with Crippen molar-refractivity contribution in [2.75, 3.05) is 31.7 Å². The fourth-order valence-electron chi connectivity index (χ4n) is 5.37. The lowest BCUT2D eigenvalue weighted by atomic mass is 10.0. The molecular weight excluding hydrogens is 528 g/mol. The van der Waals surface area contributed by atoms with Gasteiger partial charge in [0.05, 0.1) is 23.7 Å². The maximum atomic E-state index is 14.2. The van der Waals surface area contributed by atoms with Gasteiger partial charge in [0.15, 0.2) is 0 Å². The smallest absolute Gasteiger partial charge is 0.336 e. The van der Waals surface area contributed by atoms with E-state index in [1.165, 1.54) is 22.5 Å². The van der Waals surface area contributed by atoms with Crippen molar-refractivity contribution in [1.29, 1.82) is 0 Å². The number of halogens is 1. The van der Waals surface area contributed by atoms with Crippen LogP contribution in [0.2, 0.25) is 5.02 Å². The lowest BCUT2D eigenvalue weighted by molar-refractivity contribution is 0.287. The standard InChI is InChI=1S/C27H27ClN4O3S2/c1-35-23-7-3-6-21-24(23)29-15-22-25(21)31(18-8-11-30(12-9-18)37-20-10-13-36-16-20)27(34)32(26(22)33)19-5-2-4-17(28)14-19/h2-7,14-15,18,20H,8-13,16H2,1H3. The van der Waals surface area contributed by atoms with Gasteiger partial charge in [0, 0.05) is 46.7 Å². The molecule has 7 nitrogen and oxygen atoms in total. The molecule has 2 fully saturated rings. The van der Waals surface area contributed by atoms with Crippen LogP contribution in [0.4, 0.5) is 0 Å². The predicted octanol–water partition coefficient (Wildman–Crippen LogP) is 5.15. The molecule has 192 valence electrons. The maximum absolute atomic E-state index is 14.2. The first kappa shape index (κ1) is 24.9. The van der Waals surface area contributed by atoms with Gasteiger partial charge in [-0.3, -0.25) is 18.7 Å². The van der Waals surface area contributed by atoms with Crippen molar-refractivity contribution in [3.8, 4) is 11.4 Å². The van der Waals surface area contributed by atoms with E-state index in [1.54, 1.807) is 37.6 Å². The number of nitrogens with zero attached hydrogens (tertiary/aromatic N) is 4. The molecule has 4 heterocycles. The van der Waals surface area contributed by atoms with Crippen LogP contribution in [0.15, 0.2) is 58.3 Å². The molecule has 10 heteroatoms. The number of aromatic nitrogens is 3. The molecule has 6 rings (SSSR count). The number of benzene rings is 2. The zero-order chi connectivity index (χ0) is 25.5. The molecule has 0 amide bonds. The van der Waals surface area contributed by atoms with E-state index >= 15 is 0 Å². The van der Waals surface area contributed by atoms with Crippen molar-refractivity contribution in [3.63, 3.8) is 0 Å². The molecule has 0 aliphatic carbocycles. The van der Waals surface area contributed by atoms with E-state index in [0.717, 1.165) is 31.3 Å². The molecule has 0 bridgehead atoms. The molecule has 2 saturated heterocycles. The van der Waals surface area contributed by atoms with Crippen LogP contribution in [-0.4, -0.2) is 55.4 Å². The van der Waals surface area contributed by atoms with E-state index in [9.17, 15) is 9.59 Å². The Kier molecular flexibility index (Phi) is 6.96. The summed E-state index contributed by atoms with van der Waals surface area (Å²) in [5.74, 6) is 3.06. The second kappa shape index (κ2) is 10.4. The molecule has 4 aromatic rings. The molecule has 1 unspecified atom stereocenters. The van der Waals surface area contributed by atoms with Crippen LogP contribution in [0, 0.1) is 0 Å². The summed E-state index contributed by atoms with van der Waals surface area (Å²) >= 11 is 10.2. The van der Waals surface area contributed by atoms with E-state index in [2.05, 4.69) is 9.29 Å². The Bertz CT molecular complexity index is 1590. The molecule has 2 aliphatic rings. The Morgan fingerprint density at radius 2 is 1.89 bits per heavy atom. The molecule has 2 aromatic heterocycles. The van der Waals surface area contributed by atoms with E-state index in [-0.39, 0.29) is 11.7 Å². The largest absolute Gasteiger partial charge is 0.494 e. The average Bonchev–Trinajstić information content (AvgIpc) is 3.42. The highest BCUT2D eigenvalue weighted by atomic mass is 35.5. The lowest BCUT2D eigenvalue weighted by Crippen LogP contribution is -2.43. The maximum Gasteiger partial charge on any atom is 0.336 e. The molecule has 2 aliphatic heterocycles. The molecule has 0 N–H and O–H groups in total. The Morgan fingerprint density at radius 1 is 1.08 bits per heavy atom. The number of ether oxygens (including phenoxy) is 1. The second-order valence-electron chi connectivity index (χ2n) is 9.40. The molecule has 0 radical (unpaired) electrons. The van der Waals surface area contributed by atoms with Crippen molar-refractivity contribution < 1.29 is 4.74 Å². The highest BCUT2D eigenvalue weighted by Crippen LogP contribution is 2.36. The van der Waals surface area contributed by atoms with Crippen molar-refractivity contribution >= 4 is 57.1 Å². The van der Waals surface area contributed by atoms with Gasteiger partial charge >= 0.3 is 5.69 Å². The number of para-hydroxylation sites is 1. The van der Waals surface area contributed by atoms with Crippen LogP contribution >= 0.6 is 35.3 Å². The molecular formula is C27H27ClN4O3S2.